The predicted octanol–water partition coefficient (Wildman–Crippen LogP) is 13.2. The van der Waals surface area contributed by atoms with Gasteiger partial charge >= 0.3 is 12.1 Å². The van der Waals surface area contributed by atoms with E-state index < -0.39 is 5.60 Å². The number of benzene rings is 3. The van der Waals surface area contributed by atoms with Crippen LogP contribution in [0.5, 0.6) is 11.5 Å². The normalized spacial score (nSPS) is 27.6. The lowest BCUT2D eigenvalue weighted by atomic mass is 9.47. The second-order valence-electron chi connectivity index (χ2n) is 24.4. The molecule has 5 aliphatic rings. The van der Waals surface area contributed by atoms with Gasteiger partial charge in [-0.3, -0.25) is 14.5 Å². The summed E-state index contributed by atoms with van der Waals surface area (Å²) in [5.41, 5.74) is 4.16. The Bertz CT molecular complexity index is 2330. The number of hydrogen-bond acceptors (Lipinski definition) is 9. The van der Waals surface area contributed by atoms with Gasteiger partial charge in [0, 0.05) is 45.4 Å². The summed E-state index contributed by atoms with van der Waals surface area (Å²) in [6.07, 6.45) is 20.2. The number of carbonyl (C=O) groups is 3. The Morgan fingerprint density at radius 2 is 1.42 bits per heavy atom. The molecular weight excluding hydrogens is 951 g/mol. The van der Waals surface area contributed by atoms with E-state index in [1.165, 1.54) is 51.4 Å². The first kappa shape index (κ1) is 57.3. The van der Waals surface area contributed by atoms with Gasteiger partial charge in [-0.05, 0) is 152 Å². The molecule has 0 aromatic heterocycles. The second-order valence-corrected chi connectivity index (χ2v) is 24.4. The standard InChI is InChI=1S/C65H93N3O8/c1-45(2)17-16-18-46(3)57-31-32-58-56-30-25-50-41-54(35-37-63(50,4)59(56)36-38-64(57,58)5)76-62(71)67-39-14-9-10-15-40-68-43-55(75-61(70)34-33-60(69)66-6)42-51(68)44-74-65(47-19-12-11-13-20-47,48-21-26-52(72-7)27-22-48)49-23-28-53(73-8)29-24-49/h11-13,19-29,45-46,51,54-59H,9-10,14-18,30-44H2,1-8H3,(H,66,69)(H,67,71)/t46-,51-,54+,55-,56?,57-,58?,59?,63+,64-/m1/s1. The molecular formula is C65H93N3O8. The highest BCUT2D eigenvalue weighted by atomic mass is 16.6. The van der Waals surface area contributed by atoms with E-state index in [1.54, 1.807) is 26.8 Å². The van der Waals surface area contributed by atoms with Crippen LogP contribution >= 0.6 is 0 Å². The first-order valence-electron chi connectivity index (χ1n) is 29.5. The molecule has 1 saturated heterocycles. The summed E-state index contributed by atoms with van der Waals surface area (Å²) in [5, 5.41) is 5.68. The van der Waals surface area contributed by atoms with E-state index in [9.17, 15) is 14.4 Å². The molecule has 416 valence electrons. The van der Waals surface area contributed by atoms with Crippen molar-refractivity contribution in [2.45, 2.75) is 174 Å². The van der Waals surface area contributed by atoms with Crippen molar-refractivity contribution in [2.75, 3.05) is 47.5 Å². The number of alkyl carbamates (subject to hydrolysis) is 1. The molecule has 8 rings (SSSR count). The molecule has 0 bridgehead atoms. The third-order valence-electron chi connectivity index (χ3n) is 19.5. The Labute approximate surface area is 456 Å². The minimum absolute atomic E-state index is 0.0306. The van der Waals surface area contributed by atoms with Crippen LogP contribution in [0.25, 0.3) is 0 Å². The molecule has 1 heterocycles. The highest BCUT2D eigenvalue weighted by Gasteiger charge is 2.59. The molecule has 3 aromatic carbocycles. The average Bonchev–Trinajstić information content (AvgIpc) is 4.11. The maximum atomic E-state index is 13.2. The lowest BCUT2D eigenvalue weighted by molar-refractivity contribution is -0.149. The average molecular weight is 1040 g/mol. The zero-order valence-corrected chi connectivity index (χ0v) is 47.5. The van der Waals surface area contributed by atoms with Crippen molar-refractivity contribution in [2.24, 2.45) is 46.3 Å². The van der Waals surface area contributed by atoms with Crippen molar-refractivity contribution in [1.82, 2.24) is 15.5 Å². The molecule has 3 aromatic rings. The molecule has 2 N–H and O–H groups in total. The van der Waals surface area contributed by atoms with E-state index in [-0.39, 0.29) is 54.5 Å². The maximum Gasteiger partial charge on any atom is 0.407 e. The number of esters is 1. The summed E-state index contributed by atoms with van der Waals surface area (Å²) < 4.78 is 30.7. The van der Waals surface area contributed by atoms with Gasteiger partial charge in [0.2, 0.25) is 5.91 Å². The van der Waals surface area contributed by atoms with Gasteiger partial charge in [-0.2, -0.15) is 0 Å². The first-order valence-corrected chi connectivity index (χ1v) is 29.5. The Hall–Kier alpha value is -4.87. The van der Waals surface area contributed by atoms with Gasteiger partial charge in [-0.1, -0.05) is 133 Å². The molecule has 4 fully saturated rings. The Balaban J connectivity index is 0.833. The summed E-state index contributed by atoms with van der Waals surface area (Å²) in [7, 11) is 4.90. The molecule has 0 spiro atoms. The van der Waals surface area contributed by atoms with Crippen LogP contribution in [0.15, 0.2) is 90.5 Å². The minimum atomic E-state index is -0.987. The monoisotopic (exact) mass is 1040 g/mol. The van der Waals surface area contributed by atoms with Gasteiger partial charge in [-0.25, -0.2) is 4.79 Å². The van der Waals surface area contributed by atoms with Crippen molar-refractivity contribution in [3.05, 3.63) is 107 Å². The number of carbonyl (C=O) groups excluding carboxylic acids is 3. The fraction of sp³-hybridized carbons (Fsp3) is 0.646. The number of likely N-dealkylation sites (tertiary alicyclic amines) is 1. The SMILES string of the molecule is CNC(=O)CCC(=O)O[C@@H]1C[C@H](COC(c2ccccc2)(c2ccc(OC)cc2)c2ccc(OC)cc2)N(CCCCCCNC(=O)O[C@H]2CC[C@@]3(C)C(=CCC4C3CC[C@@]3(C)C4CC[C@@H]3[C@H](C)CCCC(C)C)C2)C1. The first-order chi connectivity index (χ1) is 36.7. The van der Waals surface area contributed by atoms with E-state index >= 15 is 0 Å². The van der Waals surface area contributed by atoms with Crippen molar-refractivity contribution < 1.29 is 38.1 Å². The fourth-order valence-corrected chi connectivity index (χ4v) is 15.3. The van der Waals surface area contributed by atoms with Crippen molar-refractivity contribution in [1.29, 1.82) is 0 Å². The molecule has 0 radical (unpaired) electrons. The summed E-state index contributed by atoms with van der Waals surface area (Å²) in [6.45, 7) is 14.9. The Morgan fingerprint density at radius 1 is 0.737 bits per heavy atom. The number of methoxy groups -OCH3 is 2. The second kappa shape index (κ2) is 26.2. The van der Waals surface area contributed by atoms with Crippen LogP contribution in [0, 0.1) is 46.3 Å². The Kier molecular flexibility index (Phi) is 19.7. The summed E-state index contributed by atoms with van der Waals surface area (Å²) in [6, 6.07) is 26.3. The highest BCUT2D eigenvalue weighted by molar-refractivity contribution is 5.81. The molecule has 1 aliphatic heterocycles. The smallest absolute Gasteiger partial charge is 0.407 e. The van der Waals surface area contributed by atoms with Gasteiger partial charge < -0.3 is 34.3 Å². The van der Waals surface area contributed by atoms with Crippen LogP contribution < -0.4 is 20.1 Å². The van der Waals surface area contributed by atoms with E-state index in [0.717, 1.165) is 115 Å². The molecule has 10 atom stereocenters. The minimum Gasteiger partial charge on any atom is -0.497 e. The van der Waals surface area contributed by atoms with Gasteiger partial charge in [0.1, 0.15) is 29.3 Å². The van der Waals surface area contributed by atoms with Crippen LogP contribution in [-0.4, -0.2) is 88.6 Å². The highest BCUT2D eigenvalue weighted by Crippen LogP contribution is 2.67. The maximum absolute atomic E-state index is 13.2. The quantitative estimate of drug-likeness (QED) is 0.0369. The molecule has 11 nitrogen and oxygen atoms in total. The molecule has 76 heavy (non-hydrogen) atoms. The number of fused-ring (bicyclic) bond motifs is 5. The van der Waals surface area contributed by atoms with Gasteiger partial charge in [0.25, 0.3) is 0 Å². The van der Waals surface area contributed by atoms with Gasteiger partial charge in [0.15, 0.2) is 0 Å². The number of nitrogens with zero attached hydrogens (tertiary/aromatic N) is 1. The number of unbranched alkanes of at least 4 members (excludes halogenated alkanes) is 3. The molecule has 3 saturated carbocycles. The third-order valence-corrected chi connectivity index (χ3v) is 19.5. The molecule has 11 heteroatoms. The van der Waals surface area contributed by atoms with E-state index in [1.807, 2.05) is 42.5 Å². The topological polar surface area (TPSA) is 125 Å². The van der Waals surface area contributed by atoms with Gasteiger partial charge in [0.05, 0.1) is 27.2 Å². The predicted molar refractivity (Wildman–Crippen MR) is 301 cm³/mol. The zero-order chi connectivity index (χ0) is 53.9. The summed E-state index contributed by atoms with van der Waals surface area (Å²) in [5.74, 6) is 5.82. The van der Waals surface area contributed by atoms with Crippen molar-refractivity contribution in [3.8, 4) is 11.5 Å². The van der Waals surface area contributed by atoms with Crippen molar-refractivity contribution >= 4 is 18.0 Å². The lowest BCUT2D eigenvalue weighted by Gasteiger charge is -2.58. The van der Waals surface area contributed by atoms with Crippen LogP contribution in [0.3, 0.4) is 0 Å². The fourth-order valence-electron chi connectivity index (χ4n) is 15.3. The zero-order valence-electron chi connectivity index (χ0n) is 47.5. The van der Waals surface area contributed by atoms with Crippen LogP contribution in [0.2, 0.25) is 0 Å². The molecule has 4 aliphatic carbocycles. The van der Waals surface area contributed by atoms with E-state index in [0.29, 0.717) is 31.5 Å². The summed E-state index contributed by atoms with van der Waals surface area (Å²) >= 11 is 0. The molecule has 3 unspecified atom stereocenters. The van der Waals surface area contributed by atoms with E-state index in [4.69, 9.17) is 23.7 Å². The lowest BCUT2D eigenvalue weighted by Crippen LogP contribution is -2.51. The number of amides is 2. The third kappa shape index (κ3) is 13.2. The van der Waals surface area contributed by atoms with Crippen LogP contribution in [-0.2, 0) is 29.4 Å². The molecule has 2 amide bonds. The van der Waals surface area contributed by atoms with Gasteiger partial charge in [-0.15, -0.1) is 0 Å². The largest absolute Gasteiger partial charge is 0.497 e. The van der Waals surface area contributed by atoms with Crippen LogP contribution in [0.4, 0.5) is 4.79 Å². The van der Waals surface area contributed by atoms with Crippen LogP contribution in [0.1, 0.15) is 167 Å². The number of ether oxygens (including phenoxy) is 5. The number of hydrogen-bond donors (Lipinski definition) is 2. The van der Waals surface area contributed by atoms with E-state index in [2.05, 4.69) is 92.6 Å². The number of rotatable bonds is 25. The summed E-state index contributed by atoms with van der Waals surface area (Å²) in [4.78, 5) is 40.6. The number of nitrogens with one attached hydrogen (secondary N) is 2. The number of allylic oxidation sites excluding steroid dienone is 1. The Morgan fingerprint density at radius 3 is 2.09 bits per heavy atom. The van der Waals surface area contributed by atoms with Crippen molar-refractivity contribution in [3.63, 3.8) is 0 Å².